The molecule has 12 unspecified atom stereocenters. The van der Waals surface area contributed by atoms with Gasteiger partial charge in [-0.25, -0.2) is 0 Å². The van der Waals surface area contributed by atoms with Gasteiger partial charge in [-0.1, -0.05) is 147 Å². The van der Waals surface area contributed by atoms with Gasteiger partial charge in [-0.05, 0) is 44.9 Å². The van der Waals surface area contributed by atoms with Crippen molar-refractivity contribution in [3.05, 3.63) is 24.3 Å². The van der Waals surface area contributed by atoms with Crippen LogP contribution in [-0.4, -0.2) is 140 Å². The Morgan fingerprint density at radius 1 is 0.590 bits per heavy atom. The lowest BCUT2D eigenvalue weighted by atomic mass is 9.97. The summed E-state index contributed by atoms with van der Waals surface area (Å²) in [6.45, 7) is 2.77. The van der Waals surface area contributed by atoms with Crippen molar-refractivity contribution in [2.24, 2.45) is 0 Å². The first-order chi connectivity index (χ1) is 29.6. The monoisotopic (exact) mass is 874 g/mol. The summed E-state index contributed by atoms with van der Waals surface area (Å²) >= 11 is 0. The third-order valence-corrected chi connectivity index (χ3v) is 11.9. The second-order valence-corrected chi connectivity index (χ2v) is 17.2. The van der Waals surface area contributed by atoms with E-state index < -0.39 is 86.8 Å². The van der Waals surface area contributed by atoms with Crippen LogP contribution >= 0.6 is 0 Å². The molecule has 0 aromatic carbocycles. The van der Waals surface area contributed by atoms with E-state index in [-0.39, 0.29) is 12.5 Å². The first-order valence-electron chi connectivity index (χ1n) is 24.1. The standard InChI is InChI=1S/C47H87NO13/c1-3-5-7-9-11-13-14-15-16-17-18-19-20-21-22-23-25-27-29-31-39(52)48-35(36(51)30-28-26-24-12-10-8-6-4-2)34-58-46-44(57)42(55)45(38(33-50)60-46)61-47-43(56)41(54)40(53)37(32-49)59-47/h11,13,15-16,35-38,40-47,49-51,53-57H,3-10,12,14,17-34H2,1-2H3,(H,48,52)/b13-11-,16-15-. The Balaban J connectivity index is 1.79. The molecule has 61 heavy (non-hydrogen) atoms. The highest BCUT2D eigenvalue weighted by Crippen LogP contribution is 2.30. The molecule has 2 fully saturated rings. The molecule has 0 aromatic rings. The van der Waals surface area contributed by atoms with Crippen molar-refractivity contribution in [2.75, 3.05) is 19.8 Å². The number of hydrogen-bond donors (Lipinski definition) is 9. The smallest absolute Gasteiger partial charge is 0.220 e. The number of ether oxygens (including phenoxy) is 4. The van der Waals surface area contributed by atoms with Crippen molar-refractivity contribution < 1.29 is 64.6 Å². The van der Waals surface area contributed by atoms with E-state index in [0.717, 1.165) is 64.2 Å². The SMILES string of the molecule is CCCCC/C=C\C/C=C\CCCCCCCCCCCC(=O)NC(COC1OC(CO)C(OC2OC(CO)C(O)C(O)C2O)C(O)C1O)C(O)CCCCCCCCCC. The summed E-state index contributed by atoms with van der Waals surface area (Å²) in [5.74, 6) is -0.216. The van der Waals surface area contributed by atoms with Crippen LogP contribution in [-0.2, 0) is 23.7 Å². The van der Waals surface area contributed by atoms with Crippen molar-refractivity contribution in [3.8, 4) is 0 Å². The largest absolute Gasteiger partial charge is 0.394 e. The molecule has 2 aliphatic rings. The third kappa shape index (κ3) is 22.8. The molecule has 14 nitrogen and oxygen atoms in total. The topological polar surface area (TPSA) is 228 Å². The zero-order chi connectivity index (χ0) is 44.7. The molecule has 9 N–H and O–H groups in total. The Morgan fingerprint density at radius 2 is 1.08 bits per heavy atom. The minimum absolute atomic E-state index is 0.216. The number of nitrogens with one attached hydrogen (secondary N) is 1. The van der Waals surface area contributed by atoms with Crippen LogP contribution in [0.15, 0.2) is 24.3 Å². The van der Waals surface area contributed by atoms with Crippen molar-refractivity contribution in [2.45, 2.75) is 248 Å². The molecule has 0 aromatic heterocycles. The lowest BCUT2D eigenvalue weighted by molar-refractivity contribution is -0.359. The van der Waals surface area contributed by atoms with Gasteiger partial charge in [-0.15, -0.1) is 0 Å². The lowest BCUT2D eigenvalue weighted by Gasteiger charge is -2.46. The fourth-order valence-electron chi connectivity index (χ4n) is 7.91. The van der Waals surface area contributed by atoms with E-state index in [0.29, 0.717) is 12.8 Å². The van der Waals surface area contributed by atoms with Gasteiger partial charge in [-0.2, -0.15) is 0 Å². The van der Waals surface area contributed by atoms with E-state index in [1.165, 1.54) is 83.5 Å². The summed E-state index contributed by atoms with van der Waals surface area (Å²) in [6, 6.07) is -0.826. The Bertz CT molecular complexity index is 1130. The first kappa shape index (κ1) is 55.6. The summed E-state index contributed by atoms with van der Waals surface area (Å²) in [7, 11) is 0. The number of aliphatic hydroxyl groups is 8. The molecule has 0 saturated carbocycles. The summed E-state index contributed by atoms with van der Waals surface area (Å²) in [5, 5.41) is 86.5. The molecular weight excluding hydrogens is 787 g/mol. The van der Waals surface area contributed by atoms with Crippen LogP contribution in [0.4, 0.5) is 0 Å². The van der Waals surface area contributed by atoms with Gasteiger partial charge in [0.25, 0.3) is 0 Å². The van der Waals surface area contributed by atoms with Crippen LogP contribution in [0, 0.1) is 0 Å². The highest BCUT2D eigenvalue weighted by atomic mass is 16.7. The van der Waals surface area contributed by atoms with Crippen LogP contribution in [0.3, 0.4) is 0 Å². The van der Waals surface area contributed by atoms with Gasteiger partial charge in [0, 0.05) is 6.42 Å². The minimum Gasteiger partial charge on any atom is -0.394 e. The second kappa shape index (κ2) is 34.8. The van der Waals surface area contributed by atoms with Gasteiger partial charge in [0.2, 0.25) is 5.91 Å². The average Bonchev–Trinajstić information content (AvgIpc) is 3.26. The molecular formula is C47H87NO13. The summed E-state index contributed by atoms with van der Waals surface area (Å²) in [5.41, 5.74) is 0. The van der Waals surface area contributed by atoms with Crippen molar-refractivity contribution in [1.29, 1.82) is 0 Å². The van der Waals surface area contributed by atoms with Gasteiger partial charge in [0.15, 0.2) is 12.6 Å². The number of amides is 1. The summed E-state index contributed by atoms with van der Waals surface area (Å²) in [6.07, 6.45) is 19.2. The fraction of sp³-hybridized carbons (Fsp3) is 0.894. The van der Waals surface area contributed by atoms with E-state index in [4.69, 9.17) is 18.9 Å². The van der Waals surface area contributed by atoms with E-state index in [9.17, 15) is 45.6 Å². The average molecular weight is 874 g/mol. The molecule has 0 aliphatic carbocycles. The number of carbonyl (C=O) groups excluding carboxylic acids is 1. The van der Waals surface area contributed by atoms with E-state index in [1.807, 2.05) is 0 Å². The molecule has 2 saturated heterocycles. The molecule has 0 bridgehead atoms. The molecule has 14 heteroatoms. The number of unbranched alkanes of at least 4 members (excludes halogenated alkanes) is 19. The third-order valence-electron chi connectivity index (χ3n) is 11.9. The molecule has 1 amide bonds. The number of hydrogen-bond acceptors (Lipinski definition) is 13. The Labute approximate surface area is 367 Å². The predicted octanol–water partition coefficient (Wildman–Crippen LogP) is 5.38. The minimum atomic E-state index is -1.78. The van der Waals surface area contributed by atoms with E-state index in [2.05, 4.69) is 43.5 Å². The van der Waals surface area contributed by atoms with Crippen LogP contribution in [0.5, 0.6) is 0 Å². The van der Waals surface area contributed by atoms with Crippen molar-refractivity contribution in [3.63, 3.8) is 0 Å². The van der Waals surface area contributed by atoms with E-state index >= 15 is 0 Å². The van der Waals surface area contributed by atoms with Gasteiger partial charge in [0.1, 0.15) is 48.8 Å². The molecule has 12 atom stereocenters. The molecule has 0 radical (unpaired) electrons. The zero-order valence-corrected chi connectivity index (χ0v) is 37.7. The maximum atomic E-state index is 13.1. The Hall–Kier alpha value is -1.53. The second-order valence-electron chi connectivity index (χ2n) is 17.2. The van der Waals surface area contributed by atoms with Crippen LogP contribution in [0.2, 0.25) is 0 Å². The van der Waals surface area contributed by atoms with Gasteiger partial charge in [0.05, 0.1) is 32.0 Å². The molecule has 358 valence electrons. The molecule has 2 rings (SSSR count). The highest BCUT2D eigenvalue weighted by molar-refractivity contribution is 5.76. The van der Waals surface area contributed by atoms with Crippen molar-refractivity contribution >= 4 is 5.91 Å². The normalized spacial score (nSPS) is 28.2. The van der Waals surface area contributed by atoms with Gasteiger partial charge < -0.3 is 65.1 Å². The summed E-state index contributed by atoms with van der Waals surface area (Å²) in [4.78, 5) is 13.1. The number of allylic oxidation sites excluding steroid dienone is 4. The Kier molecular flexibility index (Phi) is 31.7. The maximum absolute atomic E-state index is 13.1. The van der Waals surface area contributed by atoms with Crippen LogP contribution < -0.4 is 5.32 Å². The quantitative estimate of drug-likeness (QED) is 0.0285. The van der Waals surface area contributed by atoms with Crippen LogP contribution in [0.25, 0.3) is 0 Å². The van der Waals surface area contributed by atoms with E-state index in [1.54, 1.807) is 0 Å². The van der Waals surface area contributed by atoms with Crippen LogP contribution in [0.1, 0.15) is 174 Å². The van der Waals surface area contributed by atoms with Crippen molar-refractivity contribution in [1.82, 2.24) is 5.32 Å². The zero-order valence-electron chi connectivity index (χ0n) is 37.7. The summed E-state index contributed by atoms with van der Waals surface area (Å²) < 4.78 is 22.7. The number of aliphatic hydroxyl groups excluding tert-OH is 8. The number of carbonyl (C=O) groups is 1. The van der Waals surface area contributed by atoms with Gasteiger partial charge >= 0.3 is 0 Å². The predicted molar refractivity (Wildman–Crippen MR) is 235 cm³/mol. The maximum Gasteiger partial charge on any atom is 0.220 e. The lowest BCUT2D eigenvalue weighted by Crippen LogP contribution is -2.65. The molecule has 2 aliphatic heterocycles. The number of rotatable bonds is 36. The Morgan fingerprint density at radius 3 is 1.67 bits per heavy atom. The fourth-order valence-corrected chi connectivity index (χ4v) is 7.91. The molecule has 2 heterocycles. The first-order valence-corrected chi connectivity index (χ1v) is 24.1. The highest BCUT2D eigenvalue weighted by Gasteiger charge is 2.51. The van der Waals surface area contributed by atoms with Gasteiger partial charge in [-0.3, -0.25) is 4.79 Å². The molecule has 0 spiro atoms.